The van der Waals surface area contributed by atoms with E-state index in [1.54, 1.807) is 17.7 Å². The molecule has 19 heavy (non-hydrogen) atoms. The number of nitrogens with one attached hydrogen (secondary N) is 1. The van der Waals surface area contributed by atoms with E-state index >= 15 is 0 Å². The van der Waals surface area contributed by atoms with Crippen molar-refractivity contribution in [2.45, 2.75) is 18.6 Å². The van der Waals surface area contributed by atoms with Crippen LogP contribution in [0.1, 0.15) is 5.76 Å². The van der Waals surface area contributed by atoms with E-state index < -0.39 is 0 Å². The van der Waals surface area contributed by atoms with Gasteiger partial charge in [0.1, 0.15) is 5.76 Å². The van der Waals surface area contributed by atoms with Crippen LogP contribution in [-0.2, 0) is 11.3 Å². The average molecular weight is 283 g/mol. The van der Waals surface area contributed by atoms with Gasteiger partial charge in [-0.3, -0.25) is 4.79 Å². The van der Waals surface area contributed by atoms with E-state index in [0.29, 0.717) is 29.8 Å². The fourth-order valence-electron chi connectivity index (χ4n) is 1.30. The molecule has 0 aliphatic carbocycles. The Morgan fingerprint density at radius 2 is 2.47 bits per heavy atom. The number of rotatable bonds is 6. The van der Waals surface area contributed by atoms with Gasteiger partial charge in [0.25, 0.3) is 0 Å². The van der Waals surface area contributed by atoms with E-state index in [-0.39, 0.29) is 11.7 Å². The van der Waals surface area contributed by atoms with Crippen LogP contribution in [0.25, 0.3) is 0 Å². The third-order valence-electron chi connectivity index (χ3n) is 2.07. The molecule has 3 N–H and O–H groups in total. The summed E-state index contributed by atoms with van der Waals surface area (Å²) >= 11 is 1.23. The largest absolute Gasteiger partial charge is 0.360 e. The van der Waals surface area contributed by atoms with E-state index in [2.05, 4.69) is 26.0 Å². The molecule has 0 fully saturated rings. The summed E-state index contributed by atoms with van der Waals surface area (Å²) in [6.07, 6.45) is 0. The quantitative estimate of drug-likeness (QED) is 0.690. The predicted octanol–water partition coefficient (Wildman–Crippen LogP) is -0.341. The molecule has 0 unspecified atom stereocenters. The third kappa shape index (κ3) is 3.76. The number of carbonyl (C=O) groups excluding carboxylic acids is 1. The first-order chi connectivity index (χ1) is 9.19. The summed E-state index contributed by atoms with van der Waals surface area (Å²) in [7, 11) is 0. The number of thioether (sulfide) groups is 1. The minimum Gasteiger partial charge on any atom is -0.360 e. The second-order valence-corrected chi connectivity index (χ2v) is 4.58. The number of amides is 1. The topological polar surface area (TPSA) is 125 Å². The molecule has 0 aromatic carbocycles. The van der Waals surface area contributed by atoms with Gasteiger partial charge in [-0.05, 0) is 17.4 Å². The van der Waals surface area contributed by atoms with Gasteiger partial charge in [-0.2, -0.15) is 0 Å². The van der Waals surface area contributed by atoms with E-state index in [0.717, 1.165) is 0 Å². The number of tetrazole rings is 1. The Morgan fingerprint density at radius 3 is 3.16 bits per heavy atom. The lowest BCUT2D eigenvalue weighted by atomic mass is 10.5. The summed E-state index contributed by atoms with van der Waals surface area (Å²) < 4.78 is 6.40. The van der Waals surface area contributed by atoms with Crippen molar-refractivity contribution in [3.05, 3.63) is 11.8 Å². The molecule has 9 nitrogen and oxygen atoms in total. The average Bonchev–Trinajstić information content (AvgIpc) is 2.97. The highest BCUT2D eigenvalue weighted by atomic mass is 32.2. The molecule has 2 rings (SSSR count). The van der Waals surface area contributed by atoms with Crippen molar-refractivity contribution in [1.29, 1.82) is 0 Å². The molecule has 0 saturated carbocycles. The molecule has 0 atom stereocenters. The molecule has 0 saturated heterocycles. The van der Waals surface area contributed by atoms with Gasteiger partial charge >= 0.3 is 0 Å². The van der Waals surface area contributed by atoms with Gasteiger partial charge in [0.2, 0.25) is 11.1 Å². The van der Waals surface area contributed by atoms with Crippen LogP contribution in [0.2, 0.25) is 0 Å². The van der Waals surface area contributed by atoms with Gasteiger partial charge in [-0.1, -0.05) is 16.9 Å². The molecule has 1 amide bonds. The van der Waals surface area contributed by atoms with E-state index in [9.17, 15) is 4.79 Å². The molecule has 2 heterocycles. The van der Waals surface area contributed by atoms with Gasteiger partial charge in [0.15, 0.2) is 5.82 Å². The molecule has 0 aliphatic rings. The first-order valence-corrected chi connectivity index (χ1v) is 6.50. The fourth-order valence-corrected chi connectivity index (χ4v) is 2.00. The number of carbonyl (C=O) groups is 1. The Bertz CT molecular complexity index is 552. The van der Waals surface area contributed by atoms with Crippen molar-refractivity contribution in [2.24, 2.45) is 5.73 Å². The number of hydrogen-bond acceptors (Lipinski definition) is 8. The van der Waals surface area contributed by atoms with Crippen molar-refractivity contribution in [3.8, 4) is 0 Å². The van der Waals surface area contributed by atoms with Crippen molar-refractivity contribution in [1.82, 2.24) is 25.4 Å². The molecule has 0 bridgehead atoms. The second-order valence-electron chi connectivity index (χ2n) is 3.63. The molecule has 10 heteroatoms. The van der Waals surface area contributed by atoms with Crippen molar-refractivity contribution < 1.29 is 9.32 Å². The minimum absolute atomic E-state index is 0.177. The maximum atomic E-state index is 11.7. The Hall–Kier alpha value is -1.94. The zero-order valence-corrected chi connectivity index (χ0v) is 11.1. The molecule has 2 aromatic rings. The van der Waals surface area contributed by atoms with E-state index in [4.69, 9.17) is 10.3 Å². The van der Waals surface area contributed by atoms with Crippen LogP contribution in [0.5, 0.6) is 0 Å². The summed E-state index contributed by atoms with van der Waals surface area (Å²) in [4.78, 5) is 11.7. The fraction of sp³-hybridized carbons (Fsp3) is 0.444. The van der Waals surface area contributed by atoms with Crippen LogP contribution in [-0.4, -0.2) is 43.6 Å². The van der Waals surface area contributed by atoms with E-state index in [1.165, 1.54) is 11.8 Å². The summed E-state index contributed by atoms with van der Waals surface area (Å²) in [5.41, 5.74) is 5.43. The first-order valence-electron chi connectivity index (χ1n) is 5.51. The standard InChI is InChI=1S/C9H13N7O2S/c1-6-4-7(13-18-6)11-8(17)5-19-9-12-14-15-16(9)3-2-10/h4H,2-3,5,10H2,1H3,(H,11,13,17). The van der Waals surface area contributed by atoms with Gasteiger partial charge in [-0.25, -0.2) is 4.68 Å². The van der Waals surface area contributed by atoms with Crippen molar-refractivity contribution in [2.75, 3.05) is 17.6 Å². The Balaban J connectivity index is 1.84. The van der Waals surface area contributed by atoms with Crippen LogP contribution in [0, 0.1) is 6.92 Å². The number of nitrogens with two attached hydrogens (primary N) is 1. The van der Waals surface area contributed by atoms with Crippen LogP contribution >= 0.6 is 11.8 Å². The number of anilines is 1. The van der Waals surface area contributed by atoms with Gasteiger partial charge < -0.3 is 15.6 Å². The van der Waals surface area contributed by atoms with Gasteiger partial charge in [0, 0.05) is 12.6 Å². The molecule has 102 valence electrons. The zero-order chi connectivity index (χ0) is 13.7. The zero-order valence-electron chi connectivity index (χ0n) is 10.2. The van der Waals surface area contributed by atoms with Crippen molar-refractivity contribution >= 4 is 23.5 Å². The van der Waals surface area contributed by atoms with E-state index in [1.807, 2.05) is 0 Å². The van der Waals surface area contributed by atoms with Crippen LogP contribution in [0.3, 0.4) is 0 Å². The van der Waals surface area contributed by atoms with Gasteiger partial charge in [0.05, 0.1) is 12.3 Å². The number of aryl methyl sites for hydroxylation is 1. The highest BCUT2D eigenvalue weighted by Gasteiger charge is 2.11. The third-order valence-corrected chi connectivity index (χ3v) is 3.02. The smallest absolute Gasteiger partial charge is 0.236 e. The van der Waals surface area contributed by atoms with Crippen LogP contribution in [0.4, 0.5) is 5.82 Å². The number of aromatic nitrogens is 5. The lowest BCUT2D eigenvalue weighted by Gasteiger charge is -2.02. The lowest BCUT2D eigenvalue weighted by molar-refractivity contribution is -0.113. The SMILES string of the molecule is Cc1cc(NC(=O)CSc2nnnn2CCN)no1. The maximum Gasteiger partial charge on any atom is 0.236 e. The monoisotopic (exact) mass is 283 g/mol. The molecule has 0 aliphatic heterocycles. The highest BCUT2D eigenvalue weighted by Crippen LogP contribution is 2.14. The summed E-state index contributed by atoms with van der Waals surface area (Å²) in [5, 5.41) is 17.9. The molecular weight excluding hydrogens is 270 g/mol. The van der Waals surface area contributed by atoms with Crippen molar-refractivity contribution in [3.63, 3.8) is 0 Å². The Labute approximate surface area is 112 Å². The molecular formula is C9H13N7O2S. The normalized spacial score (nSPS) is 10.6. The van der Waals surface area contributed by atoms with Crippen LogP contribution in [0.15, 0.2) is 15.7 Å². The summed E-state index contributed by atoms with van der Waals surface area (Å²) in [5.74, 6) is 0.997. The van der Waals surface area contributed by atoms with Gasteiger partial charge in [-0.15, -0.1) is 5.10 Å². The van der Waals surface area contributed by atoms with Crippen LogP contribution < -0.4 is 11.1 Å². The Morgan fingerprint density at radius 1 is 1.63 bits per heavy atom. The second kappa shape index (κ2) is 6.29. The molecule has 0 spiro atoms. The highest BCUT2D eigenvalue weighted by molar-refractivity contribution is 7.99. The predicted molar refractivity (Wildman–Crippen MR) is 67.5 cm³/mol. The first kappa shape index (κ1) is 13.5. The maximum absolute atomic E-state index is 11.7. The lowest BCUT2D eigenvalue weighted by Crippen LogP contribution is -2.16. The summed E-state index contributed by atoms with van der Waals surface area (Å²) in [6, 6.07) is 1.64. The number of hydrogen-bond donors (Lipinski definition) is 2. The summed E-state index contributed by atoms with van der Waals surface area (Å²) in [6.45, 7) is 2.70. The molecule has 2 aromatic heterocycles. The Kier molecular flexibility index (Phi) is 4.47. The molecule has 0 radical (unpaired) electrons. The number of nitrogens with zero attached hydrogens (tertiary/aromatic N) is 5. The minimum atomic E-state index is -0.208.